The molecule has 4 heteroatoms. The fourth-order valence-corrected chi connectivity index (χ4v) is 1.72. The number of carboxylic acid groups (broad SMARTS) is 1. The Hall–Kier alpha value is -2.10. The van der Waals surface area contributed by atoms with Gasteiger partial charge in [0.05, 0.1) is 6.20 Å². The van der Waals surface area contributed by atoms with Crippen LogP contribution in [0.25, 0.3) is 0 Å². The minimum atomic E-state index is -1.04. The van der Waals surface area contributed by atoms with E-state index in [1.165, 1.54) is 11.8 Å². The number of carbonyl (C=O) groups is 1. The van der Waals surface area contributed by atoms with E-state index in [-0.39, 0.29) is 0 Å². The molecule has 0 aliphatic carbocycles. The molecule has 19 heavy (non-hydrogen) atoms. The first-order valence-electron chi connectivity index (χ1n) is 6.22. The maximum absolute atomic E-state index is 11.1. The second-order valence-corrected chi connectivity index (χ2v) is 5.03. The van der Waals surface area contributed by atoms with Gasteiger partial charge in [-0.05, 0) is 25.8 Å². The maximum Gasteiger partial charge on any atom is 0.316 e. The van der Waals surface area contributed by atoms with E-state index in [0.717, 1.165) is 6.42 Å². The van der Waals surface area contributed by atoms with Crippen molar-refractivity contribution in [2.24, 2.45) is 0 Å². The van der Waals surface area contributed by atoms with Crippen molar-refractivity contribution in [1.82, 2.24) is 4.98 Å². The summed E-state index contributed by atoms with van der Waals surface area (Å²) in [6.45, 7) is 3.22. The smallest absolute Gasteiger partial charge is 0.316 e. The lowest BCUT2D eigenvalue weighted by atomic mass is 9.91. The highest BCUT2D eigenvalue weighted by atomic mass is 16.4. The van der Waals surface area contributed by atoms with Crippen LogP contribution in [0, 0.1) is 0 Å². The van der Waals surface area contributed by atoms with Gasteiger partial charge < -0.3 is 9.52 Å². The Bertz CT molecular complexity index is 558. The van der Waals surface area contributed by atoms with Crippen LogP contribution in [0.4, 0.5) is 0 Å². The van der Waals surface area contributed by atoms with Gasteiger partial charge in [0.15, 0.2) is 5.89 Å². The van der Waals surface area contributed by atoms with Crippen LogP contribution in [0.2, 0.25) is 0 Å². The zero-order valence-electron chi connectivity index (χ0n) is 11.1. The van der Waals surface area contributed by atoms with Crippen molar-refractivity contribution in [3.8, 4) is 0 Å². The summed E-state index contributed by atoms with van der Waals surface area (Å²) in [5, 5.41) is 9.12. The van der Waals surface area contributed by atoms with Crippen LogP contribution >= 0.6 is 0 Å². The van der Waals surface area contributed by atoms with Gasteiger partial charge in [0.1, 0.15) is 11.2 Å². The number of benzene rings is 1. The summed E-state index contributed by atoms with van der Waals surface area (Å²) in [6, 6.07) is 10.0. The Morgan fingerprint density at radius 1 is 1.26 bits per heavy atom. The summed E-state index contributed by atoms with van der Waals surface area (Å²) >= 11 is 0. The first kappa shape index (κ1) is 13.3. The van der Waals surface area contributed by atoms with E-state index >= 15 is 0 Å². The maximum atomic E-state index is 11.1. The number of nitrogens with zero attached hydrogens (tertiary/aromatic N) is 1. The molecule has 0 aliphatic heterocycles. The van der Waals surface area contributed by atoms with Gasteiger partial charge in [-0.3, -0.25) is 4.79 Å². The van der Waals surface area contributed by atoms with Crippen LogP contribution in [0.1, 0.15) is 31.1 Å². The molecule has 100 valence electrons. The zero-order valence-corrected chi connectivity index (χ0v) is 11.1. The normalized spacial score (nSPS) is 11.5. The van der Waals surface area contributed by atoms with Crippen molar-refractivity contribution in [2.45, 2.75) is 32.1 Å². The number of rotatable bonds is 5. The van der Waals surface area contributed by atoms with Gasteiger partial charge in [0.2, 0.25) is 0 Å². The van der Waals surface area contributed by atoms with Crippen LogP contribution in [0.15, 0.2) is 40.9 Å². The number of hydrogen-bond acceptors (Lipinski definition) is 3. The molecule has 0 fully saturated rings. The lowest BCUT2D eigenvalue weighted by Crippen LogP contribution is -2.27. The van der Waals surface area contributed by atoms with E-state index in [0.29, 0.717) is 18.1 Å². The zero-order chi connectivity index (χ0) is 13.9. The van der Waals surface area contributed by atoms with Gasteiger partial charge in [-0.1, -0.05) is 30.3 Å². The van der Waals surface area contributed by atoms with Crippen LogP contribution in [0.5, 0.6) is 0 Å². The van der Waals surface area contributed by atoms with Gasteiger partial charge in [0, 0.05) is 6.42 Å². The molecule has 2 rings (SSSR count). The van der Waals surface area contributed by atoms with E-state index in [9.17, 15) is 4.79 Å². The van der Waals surface area contributed by atoms with Crippen molar-refractivity contribution in [3.63, 3.8) is 0 Å². The predicted octanol–water partition coefficient (Wildman–Crippen LogP) is 2.82. The molecule has 1 heterocycles. The number of carboxylic acids is 1. The van der Waals surface area contributed by atoms with Crippen molar-refractivity contribution < 1.29 is 14.3 Å². The Morgan fingerprint density at radius 3 is 2.58 bits per heavy atom. The SMILES string of the molecule is CC(C)(C(=O)O)c1cnc(CCc2ccccc2)o1. The Balaban J connectivity index is 2.04. The standard InChI is InChI=1S/C15H17NO3/c1-15(2,14(17)18)12-10-16-13(19-12)9-8-11-6-4-3-5-7-11/h3-7,10H,8-9H2,1-2H3,(H,17,18). The first-order chi connectivity index (χ1) is 9.00. The Labute approximate surface area is 112 Å². The molecule has 0 bridgehead atoms. The van der Waals surface area contributed by atoms with E-state index < -0.39 is 11.4 Å². The molecule has 4 nitrogen and oxygen atoms in total. The van der Waals surface area contributed by atoms with E-state index in [4.69, 9.17) is 9.52 Å². The summed E-state index contributed by atoms with van der Waals surface area (Å²) in [5.41, 5.74) is 0.164. The highest BCUT2D eigenvalue weighted by molar-refractivity contribution is 5.79. The van der Waals surface area contributed by atoms with Crippen LogP contribution in [-0.4, -0.2) is 16.1 Å². The number of oxazole rings is 1. The summed E-state index contributed by atoms with van der Waals surface area (Å²) in [4.78, 5) is 15.3. The lowest BCUT2D eigenvalue weighted by molar-refractivity contribution is -0.143. The van der Waals surface area contributed by atoms with Crippen molar-refractivity contribution >= 4 is 5.97 Å². The summed E-state index contributed by atoms with van der Waals surface area (Å²) in [7, 11) is 0. The third kappa shape index (κ3) is 3.02. The molecule has 0 unspecified atom stereocenters. The van der Waals surface area contributed by atoms with Gasteiger partial charge in [-0.25, -0.2) is 4.98 Å². The molecule has 1 N–H and O–H groups in total. The van der Waals surface area contributed by atoms with Crippen LogP contribution < -0.4 is 0 Å². The van der Waals surface area contributed by atoms with Gasteiger partial charge >= 0.3 is 5.97 Å². The number of aromatic nitrogens is 1. The first-order valence-corrected chi connectivity index (χ1v) is 6.22. The monoisotopic (exact) mass is 259 g/mol. The molecular formula is C15H17NO3. The number of aryl methyl sites for hydroxylation is 2. The Kier molecular flexibility index (Phi) is 3.69. The van der Waals surface area contributed by atoms with Gasteiger partial charge in [-0.15, -0.1) is 0 Å². The van der Waals surface area contributed by atoms with Crippen molar-refractivity contribution in [1.29, 1.82) is 0 Å². The average Bonchev–Trinajstić information content (AvgIpc) is 2.87. The molecular weight excluding hydrogens is 242 g/mol. The molecule has 0 saturated carbocycles. The second kappa shape index (κ2) is 5.26. The predicted molar refractivity (Wildman–Crippen MR) is 71.0 cm³/mol. The highest BCUT2D eigenvalue weighted by Crippen LogP contribution is 2.24. The van der Waals surface area contributed by atoms with E-state index in [1.54, 1.807) is 13.8 Å². The topological polar surface area (TPSA) is 63.3 Å². The summed E-state index contributed by atoms with van der Waals surface area (Å²) in [5.74, 6) is 0.0505. The Morgan fingerprint density at radius 2 is 1.95 bits per heavy atom. The second-order valence-electron chi connectivity index (χ2n) is 5.03. The third-order valence-electron chi connectivity index (χ3n) is 3.17. The van der Waals surface area contributed by atoms with Gasteiger partial charge in [-0.2, -0.15) is 0 Å². The fraction of sp³-hybridized carbons (Fsp3) is 0.333. The lowest BCUT2D eigenvalue weighted by Gasteiger charge is -2.14. The van der Waals surface area contributed by atoms with Crippen LogP contribution in [0.3, 0.4) is 0 Å². The van der Waals surface area contributed by atoms with Crippen molar-refractivity contribution in [3.05, 3.63) is 53.7 Å². The minimum absolute atomic E-state index is 0.392. The molecule has 0 radical (unpaired) electrons. The molecule has 1 aromatic carbocycles. The van der Waals surface area contributed by atoms with Gasteiger partial charge in [0.25, 0.3) is 0 Å². The van der Waals surface area contributed by atoms with Crippen LogP contribution in [-0.2, 0) is 23.1 Å². The summed E-state index contributed by atoms with van der Waals surface area (Å²) in [6.07, 6.45) is 3.00. The van der Waals surface area contributed by atoms with E-state index in [1.807, 2.05) is 30.3 Å². The third-order valence-corrected chi connectivity index (χ3v) is 3.17. The molecule has 0 aliphatic rings. The molecule has 1 aromatic heterocycles. The fourth-order valence-electron chi connectivity index (χ4n) is 1.72. The average molecular weight is 259 g/mol. The quantitative estimate of drug-likeness (QED) is 0.896. The van der Waals surface area contributed by atoms with E-state index in [2.05, 4.69) is 4.98 Å². The highest BCUT2D eigenvalue weighted by Gasteiger charge is 2.33. The molecule has 0 saturated heterocycles. The number of aliphatic carboxylic acids is 1. The summed E-state index contributed by atoms with van der Waals surface area (Å²) < 4.78 is 5.54. The van der Waals surface area contributed by atoms with Crippen molar-refractivity contribution in [2.75, 3.05) is 0 Å². The number of hydrogen-bond donors (Lipinski definition) is 1. The molecule has 0 spiro atoms. The molecule has 2 aromatic rings. The minimum Gasteiger partial charge on any atom is -0.481 e. The molecule has 0 atom stereocenters. The molecule has 0 amide bonds. The largest absolute Gasteiger partial charge is 0.481 e.